The average Bonchev–Trinajstić information content (AvgIpc) is 2.66. The van der Waals surface area contributed by atoms with Crippen molar-refractivity contribution in [2.45, 2.75) is 38.0 Å². The van der Waals surface area contributed by atoms with Crippen LogP contribution >= 0.6 is 15.9 Å². The second kappa shape index (κ2) is 6.52. The van der Waals surface area contributed by atoms with Crippen molar-refractivity contribution >= 4 is 26.7 Å². The fourth-order valence-electron chi connectivity index (χ4n) is 3.65. The predicted octanol–water partition coefficient (Wildman–Crippen LogP) is 5.20. The summed E-state index contributed by atoms with van der Waals surface area (Å²) in [6.07, 6.45) is 6.56. The van der Waals surface area contributed by atoms with Crippen molar-refractivity contribution in [3.05, 3.63) is 69.1 Å². The van der Waals surface area contributed by atoms with E-state index in [1.807, 2.05) is 36.4 Å². The van der Waals surface area contributed by atoms with E-state index in [9.17, 15) is 4.79 Å². The minimum Gasteiger partial charge on any atom is -0.267 e. The molecule has 3 aromatic rings. The van der Waals surface area contributed by atoms with Crippen LogP contribution in [0.1, 0.15) is 43.6 Å². The minimum atomic E-state index is -0.0841. The van der Waals surface area contributed by atoms with E-state index < -0.39 is 0 Å². The van der Waals surface area contributed by atoms with E-state index in [1.165, 1.54) is 42.3 Å². The lowest BCUT2D eigenvalue weighted by Crippen LogP contribution is -2.21. The molecule has 0 amide bonds. The summed E-state index contributed by atoms with van der Waals surface area (Å²) in [5.74, 6) is 0.667. The topological polar surface area (TPSA) is 34.9 Å². The lowest BCUT2D eigenvalue weighted by Gasteiger charge is -2.22. The smallest absolute Gasteiger partial charge is 0.267 e. The number of fused-ring (bicyclic) bond motifs is 1. The summed E-state index contributed by atoms with van der Waals surface area (Å²) in [5.41, 5.74) is 2.11. The van der Waals surface area contributed by atoms with Gasteiger partial charge in [-0.1, -0.05) is 49.6 Å². The first kappa shape index (κ1) is 15.6. The third kappa shape index (κ3) is 2.80. The Hall–Kier alpha value is -1.94. The minimum absolute atomic E-state index is 0.0841. The van der Waals surface area contributed by atoms with E-state index in [2.05, 4.69) is 33.2 Å². The van der Waals surface area contributed by atoms with Gasteiger partial charge in [0.15, 0.2) is 0 Å². The second-order valence-electron chi connectivity index (χ2n) is 6.48. The van der Waals surface area contributed by atoms with Crippen molar-refractivity contribution in [2.75, 3.05) is 0 Å². The van der Waals surface area contributed by atoms with Gasteiger partial charge in [-0.2, -0.15) is 9.78 Å². The molecule has 4 heteroatoms. The van der Waals surface area contributed by atoms with Crippen LogP contribution in [0.2, 0.25) is 0 Å². The van der Waals surface area contributed by atoms with E-state index in [0.717, 1.165) is 11.1 Å². The van der Waals surface area contributed by atoms with Gasteiger partial charge in [0.1, 0.15) is 4.60 Å². The van der Waals surface area contributed by atoms with Crippen LogP contribution in [-0.2, 0) is 0 Å². The van der Waals surface area contributed by atoms with Crippen molar-refractivity contribution in [3.63, 3.8) is 0 Å². The maximum absolute atomic E-state index is 12.7. The molecule has 0 radical (unpaired) electrons. The number of benzene rings is 2. The van der Waals surface area contributed by atoms with Crippen LogP contribution in [0, 0.1) is 0 Å². The third-order valence-electron chi connectivity index (χ3n) is 4.97. The fourth-order valence-corrected chi connectivity index (χ4v) is 4.15. The van der Waals surface area contributed by atoms with Crippen LogP contribution in [0.25, 0.3) is 16.5 Å². The molecule has 0 N–H and O–H groups in total. The van der Waals surface area contributed by atoms with Gasteiger partial charge in [0, 0.05) is 5.39 Å². The molecule has 0 atom stereocenters. The first-order valence-corrected chi connectivity index (χ1v) is 9.31. The van der Waals surface area contributed by atoms with Crippen molar-refractivity contribution in [3.8, 4) is 5.69 Å². The molecule has 0 saturated heterocycles. The monoisotopic (exact) mass is 382 g/mol. The van der Waals surface area contributed by atoms with Crippen LogP contribution in [0.5, 0.6) is 0 Å². The number of halogens is 1. The highest BCUT2D eigenvalue weighted by atomic mass is 79.9. The molecule has 0 bridgehead atoms. The first-order valence-electron chi connectivity index (χ1n) is 8.52. The van der Waals surface area contributed by atoms with Crippen LogP contribution < -0.4 is 5.56 Å². The summed E-state index contributed by atoms with van der Waals surface area (Å²) >= 11 is 3.49. The van der Waals surface area contributed by atoms with Crippen molar-refractivity contribution in [1.29, 1.82) is 0 Å². The molecule has 1 aliphatic carbocycles. The van der Waals surface area contributed by atoms with Gasteiger partial charge < -0.3 is 0 Å². The van der Waals surface area contributed by atoms with Crippen LogP contribution in [0.4, 0.5) is 0 Å². The summed E-state index contributed by atoms with van der Waals surface area (Å²) in [5, 5.41) is 5.96. The van der Waals surface area contributed by atoms with Crippen LogP contribution in [-0.4, -0.2) is 9.78 Å². The predicted molar refractivity (Wildman–Crippen MR) is 101 cm³/mol. The quantitative estimate of drug-likeness (QED) is 0.610. The zero-order valence-electron chi connectivity index (χ0n) is 13.4. The Morgan fingerprint density at radius 1 is 0.917 bits per heavy atom. The fraction of sp³-hybridized carbons (Fsp3) is 0.300. The molecule has 4 rings (SSSR count). The highest BCUT2D eigenvalue weighted by Gasteiger charge is 2.16. The third-order valence-corrected chi connectivity index (χ3v) is 5.56. The number of hydrogen-bond acceptors (Lipinski definition) is 2. The van der Waals surface area contributed by atoms with Crippen LogP contribution in [0.15, 0.2) is 57.9 Å². The lowest BCUT2D eigenvalue weighted by atomic mass is 9.84. The van der Waals surface area contributed by atoms with E-state index in [0.29, 0.717) is 15.9 Å². The second-order valence-corrected chi connectivity index (χ2v) is 7.23. The SMILES string of the molecule is O=c1c2ccccc2c(Br)nn1-c1ccc(C2CCCCC2)cc1. The standard InChI is InChI=1S/C20H19BrN2O/c21-19-17-8-4-5-9-18(17)20(24)23(22-19)16-12-10-15(11-13-16)14-6-2-1-3-7-14/h4-5,8-14H,1-3,6-7H2. The zero-order chi connectivity index (χ0) is 16.5. The Morgan fingerprint density at radius 3 is 2.29 bits per heavy atom. The normalized spacial score (nSPS) is 15.7. The molecule has 3 nitrogen and oxygen atoms in total. The maximum Gasteiger partial charge on any atom is 0.279 e. The summed E-state index contributed by atoms with van der Waals surface area (Å²) < 4.78 is 2.17. The van der Waals surface area contributed by atoms with Gasteiger partial charge in [-0.15, -0.1) is 0 Å². The van der Waals surface area contributed by atoms with Crippen molar-refractivity contribution < 1.29 is 0 Å². The Labute approximate surface area is 149 Å². The Morgan fingerprint density at radius 2 is 1.58 bits per heavy atom. The molecule has 24 heavy (non-hydrogen) atoms. The Kier molecular flexibility index (Phi) is 4.23. The highest BCUT2D eigenvalue weighted by molar-refractivity contribution is 9.10. The van der Waals surface area contributed by atoms with E-state index in [-0.39, 0.29) is 5.56 Å². The summed E-state index contributed by atoms with van der Waals surface area (Å²) in [4.78, 5) is 12.7. The molecule has 1 aliphatic rings. The summed E-state index contributed by atoms with van der Waals surface area (Å²) in [7, 11) is 0. The Bertz CT molecular complexity index is 925. The molecule has 1 fully saturated rings. The summed E-state index contributed by atoms with van der Waals surface area (Å²) in [6.45, 7) is 0. The molecule has 0 spiro atoms. The number of aromatic nitrogens is 2. The van der Waals surface area contributed by atoms with Gasteiger partial charge in [-0.3, -0.25) is 4.79 Å². The van der Waals surface area contributed by atoms with E-state index >= 15 is 0 Å². The molecule has 1 heterocycles. The number of hydrogen-bond donors (Lipinski definition) is 0. The molecular weight excluding hydrogens is 364 g/mol. The molecule has 0 unspecified atom stereocenters. The van der Waals surface area contributed by atoms with Gasteiger partial charge in [-0.05, 0) is 58.5 Å². The van der Waals surface area contributed by atoms with Crippen LogP contribution in [0.3, 0.4) is 0 Å². The molecule has 2 aromatic carbocycles. The molecule has 122 valence electrons. The zero-order valence-corrected chi connectivity index (χ0v) is 15.0. The molecule has 1 saturated carbocycles. The van der Waals surface area contributed by atoms with Gasteiger partial charge in [0.05, 0.1) is 11.1 Å². The van der Waals surface area contributed by atoms with Gasteiger partial charge in [0.2, 0.25) is 0 Å². The van der Waals surface area contributed by atoms with Crippen molar-refractivity contribution in [1.82, 2.24) is 9.78 Å². The highest BCUT2D eigenvalue weighted by Crippen LogP contribution is 2.32. The molecule has 0 aliphatic heterocycles. The molecular formula is C20H19BrN2O. The van der Waals surface area contributed by atoms with Gasteiger partial charge in [0.25, 0.3) is 5.56 Å². The van der Waals surface area contributed by atoms with Gasteiger partial charge in [-0.25, -0.2) is 0 Å². The summed E-state index contributed by atoms with van der Waals surface area (Å²) in [6, 6.07) is 15.9. The van der Waals surface area contributed by atoms with Crippen molar-refractivity contribution in [2.24, 2.45) is 0 Å². The Balaban J connectivity index is 1.75. The average molecular weight is 383 g/mol. The lowest BCUT2D eigenvalue weighted by molar-refractivity contribution is 0.443. The maximum atomic E-state index is 12.7. The largest absolute Gasteiger partial charge is 0.279 e. The number of nitrogens with zero attached hydrogens (tertiary/aromatic N) is 2. The van der Waals surface area contributed by atoms with Gasteiger partial charge >= 0.3 is 0 Å². The van der Waals surface area contributed by atoms with E-state index in [1.54, 1.807) is 0 Å². The number of rotatable bonds is 2. The first-order chi connectivity index (χ1) is 11.7. The van der Waals surface area contributed by atoms with E-state index in [4.69, 9.17) is 0 Å². The molecule has 1 aromatic heterocycles.